The molecule has 3 aromatic rings. The van der Waals surface area contributed by atoms with Crippen molar-refractivity contribution in [2.45, 2.75) is 33.1 Å². The van der Waals surface area contributed by atoms with Crippen LogP contribution in [0, 0.1) is 46.3 Å². The molecule has 11 heteroatoms. The molecule has 1 N–H and O–H groups in total. The molecule has 4 rings (SSSR count). The lowest BCUT2D eigenvalue weighted by atomic mass is 9.96. The van der Waals surface area contributed by atoms with E-state index in [1.165, 1.54) is 25.6 Å². The number of pyridine rings is 2. The van der Waals surface area contributed by atoms with Gasteiger partial charge in [-0.15, -0.1) is 10.2 Å². The molecule has 1 amide bonds. The molecule has 37 heavy (non-hydrogen) atoms. The predicted molar refractivity (Wildman–Crippen MR) is 133 cm³/mol. The molecule has 1 fully saturated rings. The van der Waals surface area contributed by atoms with Crippen LogP contribution in [0.2, 0.25) is 0 Å². The zero-order chi connectivity index (χ0) is 26.6. The van der Waals surface area contributed by atoms with Gasteiger partial charge in [-0.3, -0.25) is 15.1 Å². The molecular weight excluding hydrogens is 498 g/mol. The summed E-state index contributed by atoms with van der Waals surface area (Å²) in [6.45, 7) is 3.30. The summed E-state index contributed by atoms with van der Waals surface area (Å²) in [5.74, 6) is 11.6. The van der Waals surface area contributed by atoms with Crippen molar-refractivity contribution in [1.82, 2.24) is 20.2 Å². The second kappa shape index (κ2) is 10.7. The van der Waals surface area contributed by atoms with Crippen molar-refractivity contribution in [3.05, 3.63) is 46.5 Å². The van der Waals surface area contributed by atoms with Crippen molar-refractivity contribution < 1.29 is 18.3 Å². The molecule has 0 saturated heterocycles. The summed E-state index contributed by atoms with van der Waals surface area (Å²) < 4.78 is 32.3. The van der Waals surface area contributed by atoms with Crippen molar-refractivity contribution in [2.75, 3.05) is 12.4 Å². The normalized spacial score (nSPS) is 12.6. The van der Waals surface area contributed by atoms with Gasteiger partial charge in [-0.05, 0) is 50.7 Å². The van der Waals surface area contributed by atoms with Crippen LogP contribution in [-0.4, -0.2) is 33.2 Å². The zero-order valence-electron chi connectivity index (χ0n) is 20.1. The van der Waals surface area contributed by atoms with Crippen LogP contribution in [0.3, 0.4) is 0 Å². The first-order valence-corrected chi connectivity index (χ1v) is 11.9. The number of hydrogen-bond acceptors (Lipinski definition) is 8. The van der Waals surface area contributed by atoms with Gasteiger partial charge in [0.2, 0.25) is 5.13 Å². The minimum Gasteiger partial charge on any atom is -0.494 e. The first kappa shape index (κ1) is 25.7. The highest BCUT2D eigenvalue weighted by Gasteiger charge is 2.22. The lowest BCUT2D eigenvalue weighted by Gasteiger charge is -2.14. The molecule has 186 valence electrons. The number of aromatic nitrogens is 4. The van der Waals surface area contributed by atoms with Gasteiger partial charge in [-0.25, -0.2) is 13.8 Å². The monoisotopic (exact) mass is 518 g/mol. The molecule has 0 spiro atoms. The summed E-state index contributed by atoms with van der Waals surface area (Å²) >= 11 is 1.12. The minimum atomic E-state index is -2.84. The standard InChI is InChI=1S/C26H20F2N6O2S/c1-26(2,14-29)9-8-16-10-17(18-11-20(23(27)28)31-13-21(18)36-3)19(12-30-16)24(35)32-25-34-33-22(37-25)7-6-15-4-5-15/h10-13,15,23H,4-5H2,1-3H3,(H,32,34,35). The second-order valence-electron chi connectivity index (χ2n) is 8.62. The van der Waals surface area contributed by atoms with Crippen molar-refractivity contribution in [3.63, 3.8) is 0 Å². The van der Waals surface area contributed by atoms with Crippen molar-refractivity contribution >= 4 is 22.4 Å². The van der Waals surface area contributed by atoms with E-state index in [-0.39, 0.29) is 33.3 Å². The molecule has 1 saturated carbocycles. The van der Waals surface area contributed by atoms with E-state index in [4.69, 9.17) is 4.74 Å². The van der Waals surface area contributed by atoms with Crippen molar-refractivity contribution in [2.24, 2.45) is 11.3 Å². The maximum Gasteiger partial charge on any atom is 0.280 e. The number of alkyl halides is 2. The van der Waals surface area contributed by atoms with Crippen LogP contribution in [-0.2, 0) is 0 Å². The highest BCUT2D eigenvalue weighted by molar-refractivity contribution is 7.15. The summed E-state index contributed by atoms with van der Waals surface area (Å²) in [7, 11) is 1.37. The zero-order valence-corrected chi connectivity index (χ0v) is 20.9. The van der Waals surface area contributed by atoms with E-state index in [1.54, 1.807) is 13.8 Å². The fourth-order valence-electron chi connectivity index (χ4n) is 3.01. The number of anilines is 1. The Labute approximate surface area is 216 Å². The van der Waals surface area contributed by atoms with Crippen LogP contribution in [0.15, 0.2) is 24.5 Å². The molecule has 0 aliphatic heterocycles. The van der Waals surface area contributed by atoms with E-state index in [9.17, 15) is 18.8 Å². The van der Waals surface area contributed by atoms with Crippen LogP contribution >= 0.6 is 11.3 Å². The number of methoxy groups -OCH3 is 1. The van der Waals surface area contributed by atoms with Crippen LogP contribution in [0.5, 0.6) is 5.75 Å². The van der Waals surface area contributed by atoms with Gasteiger partial charge in [-0.1, -0.05) is 23.2 Å². The highest BCUT2D eigenvalue weighted by atomic mass is 32.1. The van der Waals surface area contributed by atoms with Gasteiger partial charge in [0.05, 0.1) is 24.9 Å². The SMILES string of the molecule is COc1cnc(C(F)F)cc1-c1cc(C#CC(C)(C)C#N)ncc1C(=O)Nc1nnc(C#CC2CC2)s1. The second-order valence-corrected chi connectivity index (χ2v) is 9.60. The number of nitriles is 1. The van der Waals surface area contributed by atoms with Gasteiger partial charge in [0.1, 0.15) is 22.6 Å². The van der Waals surface area contributed by atoms with E-state index >= 15 is 0 Å². The molecular formula is C26H20F2N6O2S. The lowest BCUT2D eigenvalue weighted by molar-refractivity contribution is 0.102. The number of rotatable bonds is 5. The molecule has 8 nitrogen and oxygen atoms in total. The average Bonchev–Trinajstić information content (AvgIpc) is 3.63. The number of halogens is 2. The number of nitrogens with one attached hydrogen (secondary N) is 1. The van der Waals surface area contributed by atoms with Gasteiger partial charge in [-0.2, -0.15) is 5.26 Å². The molecule has 0 bridgehead atoms. The van der Waals surface area contributed by atoms with Gasteiger partial charge in [0, 0.05) is 23.2 Å². The van der Waals surface area contributed by atoms with Gasteiger partial charge in [0.25, 0.3) is 12.3 Å². The maximum atomic E-state index is 13.5. The Morgan fingerprint density at radius 3 is 2.65 bits per heavy atom. The lowest BCUT2D eigenvalue weighted by Crippen LogP contribution is -2.14. The third-order valence-corrected chi connectivity index (χ3v) is 5.91. The van der Waals surface area contributed by atoms with E-state index < -0.39 is 23.4 Å². The Kier molecular flexibility index (Phi) is 7.42. The first-order valence-electron chi connectivity index (χ1n) is 11.1. The quantitative estimate of drug-likeness (QED) is 0.480. The van der Waals surface area contributed by atoms with Gasteiger partial charge >= 0.3 is 0 Å². The van der Waals surface area contributed by atoms with E-state index in [0.29, 0.717) is 10.9 Å². The van der Waals surface area contributed by atoms with E-state index in [0.717, 1.165) is 30.2 Å². The first-order chi connectivity index (χ1) is 17.7. The summed E-state index contributed by atoms with van der Waals surface area (Å²) in [5.41, 5.74) is -0.675. The Morgan fingerprint density at radius 1 is 1.19 bits per heavy atom. The van der Waals surface area contributed by atoms with Gasteiger partial charge in [0.15, 0.2) is 5.01 Å². The summed E-state index contributed by atoms with van der Waals surface area (Å²) in [4.78, 5) is 21.2. The van der Waals surface area contributed by atoms with Crippen LogP contribution in [0.1, 0.15) is 59.9 Å². The smallest absolute Gasteiger partial charge is 0.280 e. The number of carbonyl (C=O) groups is 1. The van der Waals surface area contributed by atoms with Crippen LogP contribution in [0.4, 0.5) is 13.9 Å². The Morgan fingerprint density at radius 2 is 1.97 bits per heavy atom. The average molecular weight is 519 g/mol. The van der Waals surface area contributed by atoms with Crippen LogP contribution in [0.25, 0.3) is 11.1 Å². The topological polar surface area (TPSA) is 114 Å². The summed E-state index contributed by atoms with van der Waals surface area (Å²) in [6.07, 6.45) is 1.76. The van der Waals surface area contributed by atoms with E-state index in [1.807, 2.05) is 0 Å². The number of amides is 1. The molecule has 0 atom stereocenters. The van der Waals surface area contributed by atoms with E-state index in [2.05, 4.69) is 55.2 Å². The molecule has 0 unspecified atom stereocenters. The molecule has 1 aliphatic carbocycles. The fraction of sp³-hybridized carbons (Fsp3) is 0.308. The number of nitrogens with zero attached hydrogens (tertiary/aromatic N) is 5. The predicted octanol–water partition coefficient (Wildman–Crippen LogP) is 4.86. The summed E-state index contributed by atoms with van der Waals surface area (Å²) in [6, 6.07) is 4.71. The highest BCUT2D eigenvalue weighted by Crippen LogP contribution is 2.35. The van der Waals surface area contributed by atoms with Gasteiger partial charge < -0.3 is 4.74 Å². The van der Waals surface area contributed by atoms with Crippen molar-refractivity contribution in [3.8, 4) is 46.6 Å². The third-order valence-electron chi connectivity index (χ3n) is 5.16. The molecule has 0 aromatic carbocycles. The molecule has 1 aliphatic rings. The number of carbonyl (C=O) groups excluding carboxylic acids is 1. The Bertz CT molecular complexity index is 1520. The fourth-order valence-corrected chi connectivity index (χ4v) is 3.61. The molecule has 0 radical (unpaired) electrons. The minimum absolute atomic E-state index is 0.0654. The Hall–Kier alpha value is -4.40. The summed E-state index contributed by atoms with van der Waals surface area (Å²) in [5, 5.41) is 20.6. The number of ether oxygens (including phenoxy) is 1. The number of hydrogen-bond donors (Lipinski definition) is 1. The molecule has 3 heterocycles. The largest absolute Gasteiger partial charge is 0.494 e. The Balaban J connectivity index is 1.75. The molecule has 3 aromatic heterocycles. The van der Waals surface area contributed by atoms with Crippen LogP contribution < -0.4 is 10.1 Å². The van der Waals surface area contributed by atoms with Crippen molar-refractivity contribution in [1.29, 1.82) is 5.26 Å². The third kappa shape index (κ3) is 6.43. The maximum absolute atomic E-state index is 13.5.